The molecule has 0 aliphatic rings. The Kier molecular flexibility index (Phi) is 4.73. The molecule has 0 saturated carbocycles. The lowest BCUT2D eigenvalue weighted by Crippen LogP contribution is -2.52. The molecule has 0 bridgehead atoms. The van der Waals surface area contributed by atoms with Crippen LogP contribution in [-0.4, -0.2) is 37.9 Å². The van der Waals surface area contributed by atoms with Crippen LogP contribution in [0.1, 0.15) is 27.2 Å². The summed E-state index contributed by atoms with van der Waals surface area (Å²) in [6.07, 6.45) is 1.73. The zero-order valence-corrected chi connectivity index (χ0v) is 10.5. The fourth-order valence-corrected chi connectivity index (χ4v) is 1.25. The van der Waals surface area contributed by atoms with Crippen LogP contribution in [0.2, 0.25) is 0 Å². The van der Waals surface area contributed by atoms with E-state index in [2.05, 4.69) is 5.32 Å². The van der Waals surface area contributed by atoms with E-state index in [0.29, 0.717) is 13.0 Å². The van der Waals surface area contributed by atoms with Crippen molar-refractivity contribution < 1.29 is 13.2 Å². The summed E-state index contributed by atoms with van der Waals surface area (Å²) in [5.41, 5.74) is 5.42. The monoisotopic (exact) mass is 236 g/mol. The van der Waals surface area contributed by atoms with Gasteiger partial charge in [-0.15, -0.1) is 0 Å². The second-order valence-electron chi connectivity index (χ2n) is 4.10. The van der Waals surface area contributed by atoms with Crippen molar-refractivity contribution in [2.45, 2.75) is 38.0 Å². The van der Waals surface area contributed by atoms with E-state index < -0.39 is 20.5 Å². The van der Waals surface area contributed by atoms with E-state index in [1.807, 2.05) is 6.92 Å². The fraction of sp³-hybridized carbons (Fsp3) is 0.889. The van der Waals surface area contributed by atoms with Gasteiger partial charge in [-0.3, -0.25) is 4.79 Å². The van der Waals surface area contributed by atoms with Crippen molar-refractivity contribution in [3.63, 3.8) is 0 Å². The first-order chi connectivity index (χ1) is 6.66. The van der Waals surface area contributed by atoms with E-state index >= 15 is 0 Å². The number of hydrogen-bond acceptors (Lipinski definition) is 4. The Morgan fingerprint density at radius 3 is 2.20 bits per heavy atom. The molecule has 3 N–H and O–H groups in total. The molecule has 0 aromatic rings. The number of hydrogen-bond donors (Lipinski definition) is 2. The number of rotatable bonds is 5. The standard InChI is InChI=1S/C9H20N2O3S/c1-5-7(6-10)11-8(12)9(2,3)15(4,13)14/h7H,5-6,10H2,1-4H3,(H,11,12). The molecule has 0 fully saturated rings. The summed E-state index contributed by atoms with van der Waals surface area (Å²) in [7, 11) is -3.42. The Morgan fingerprint density at radius 2 is 1.93 bits per heavy atom. The Balaban J connectivity index is 4.73. The second kappa shape index (κ2) is 4.94. The van der Waals surface area contributed by atoms with E-state index in [4.69, 9.17) is 5.73 Å². The molecule has 1 atom stereocenters. The van der Waals surface area contributed by atoms with Crippen LogP contribution in [0.5, 0.6) is 0 Å². The molecule has 0 rings (SSSR count). The summed E-state index contributed by atoms with van der Waals surface area (Å²) in [5, 5.41) is 2.62. The van der Waals surface area contributed by atoms with Crippen LogP contribution in [0.3, 0.4) is 0 Å². The molecule has 0 saturated heterocycles. The minimum absolute atomic E-state index is 0.168. The van der Waals surface area contributed by atoms with E-state index in [0.717, 1.165) is 6.26 Å². The zero-order chi connectivity index (χ0) is 12.3. The van der Waals surface area contributed by atoms with Crippen molar-refractivity contribution in [3.8, 4) is 0 Å². The van der Waals surface area contributed by atoms with Crippen molar-refractivity contribution in [1.29, 1.82) is 0 Å². The summed E-state index contributed by atoms with van der Waals surface area (Å²) in [6, 6.07) is -0.168. The molecule has 0 aliphatic carbocycles. The van der Waals surface area contributed by atoms with Crippen molar-refractivity contribution in [3.05, 3.63) is 0 Å². The Hall–Kier alpha value is -0.620. The van der Waals surface area contributed by atoms with Gasteiger partial charge in [-0.05, 0) is 20.3 Å². The highest BCUT2D eigenvalue weighted by Gasteiger charge is 2.38. The summed E-state index contributed by atoms with van der Waals surface area (Å²) < 4.78 is 21.3. The van der Waals surface area contributed by atoms with Crippen molar-refractivity contribution in [2.24, 2.45) is 5.73 Å². The summed E-state index contributed by atoms with van der Waals surface area (Å²) in [6.45, 7) is 4.97. The normalized spacial score (nSPS) is 14.7. The largest absolute Gasteiger partial charge is 0.351 e. The maximum absolute atomic E-state index is 11.7. The third-order valence-corrected chi connectivity index (χ3v) is 4.63. The van der Waals surface area contributed by atoms with E-state index in [-0.39, 0.29) is 6.04 Å². The Morgan fingerprint density at radius 1 is 1.47 bits per heavy atom. The highest BCUT2D eigenvalue weighted by Crippen LogP contribution is 2.15. The van der Waals surface area contributed by atoms with Gasteiger partial charge in [-0.2, -0.15) is 0 Å². The Labute approximate surface area is 91.3 Å². The van der Waals surface area contributed by atoms with Gasteiger partial charge in [0.05, 0.1) is 0 Å². The predicted molar refractivity (Wildman–Crippen MR) is 60.2 cm³/mol. The van der Waals surface area contributed by atoms with Gasteiger partial charge in [0, 0.05) is 18.8 Å². The molecular formula is C9H20N2O3S. The molecular weight excluding hydrogens is 216 g/mol. The quantitative estimate of drug-likeness (QED) is 0.683. The second-order valence-corrected chi connectivity index (χ2v) is 6.66. The smallest absolute Gasteiger partial charge is 0.241 e. The number of carbonyl (C=O) groups excluding carboxylic acids is 1. The number of carbonyl (C=O) groups is 1. The van der Waals surface area contributed by atoms with E-state index in [1.165, 1.54) is 13.8 Å². The van der Waals surface area contributed by atoms with Crippen LogP contribution >= 0.6 is 0 Å². The van der Waals surface area contributed by atoms with Gasteiger partial charge in [0.1, 0.15) is 4.75 Å². The zero-order valence-electron chi connectivity index (χ0n) is 9.70. The molecule has 5 nitrogen and oxygen atoms in total. The first-order valence-electron chi connectivity index (χ1n) is 4.87. The van der Waals surface area contributed by atoms with Crippen LogP contribution in [-0.2, 0) is 14.6 Å². The van der Waals surface area contributed by atoms with Crippen LogP contribution in [0.4, 0.5) is 0 Å². The van der Waals surface area contributed by atoms with Crippen LogP contribution < -0.4 is 11.1 Å². The molecule has 6 heteroatoms. The SMILES string of the molecule is CCC(CN)NC(=O)C(C)(C)S(C)(=O)=O. The van der Waals surface area contributed by atoms with Gasteiger partial charge in [-0.25, -0.2) is 8.42 Å². The third kappa shape index (κ3) is 3.46. The van der Waals surface area contributed by atoms with E-state index in [1.54, 1.807) is 0 Å². The molecule has 1 unspecified atom stereocenters. The van der Waals surface area contributed by atoms with Gasteiger partial charge in [0.25, 0.3) is 0 Å². The van der Waals surface area contributed by atoms with Crippen LogP contribution in [0.25, 0.3) is 0 Å². The Bertz CT molecular complexity index is 318. The average molecular weight is 236 g/mol. The molecule has 0 aromatic carbocycles. The number of nitrogens with two attached hydrogens (primary N) is 1. The minimum Gasteiger partial charge on any atom is -0.351 e. The minimum atomic E-state index is -3.42. The molecule has 90 valence electrons. The average Bonchev–Trinajstić information content (AvgIpc) is 2.11. The third-order valence-electron chi connectivity index (χ3n) is 2.59. The number of amides is 1. The van der Waals surface area contributed by atoms with Crippen LogP contribution in [0, 0.1) is 0 Å². The van der Waals surface area contributed by atoms with Crippen molar-refractivity contribution in [2.75, 3.05) is 12.8 Å². The predicted octanol–water partition coefficient (Wildman–Crippen LogP) is -0.337. The van der Waals surface area contributed by atoms with Crippen molar-refractivity contribution in [1.82, 2.24) is 5.32 Å². The van der Waals surface area contributed by atoms with E-state index in [9.17, 15) is 13.2 Å². The lowest BCUT2D eigenvalue weighted by Gasteiger charge is -2.24. The lowest BCUT2D eigenvalue weighted by molar-refractivity contribution is -0.123. The number of nitrogens with one attached hydrogen (secondary N) is 1. The first kappa shape index (κ1) is 14.4. The van der Waals surface area contributed by atoms with Gasteiger partial charge in [0.15, 0.2) is 9.84 Å². The molecule has 0 heterocycles. The fourth-order valence-electron chi connectivity index (χ4n) is 0.855. The number of sulfone groups is 1. The maximum Gasteiger partial charge on any atom is 0.241 e. The van der Waals surface area contributed by atoms with Crippen LogP contribution in [0.15, 0.2) is 0 Å². The summed E-state index contributed by atoms with van der Waals surface area (Å²) in [5.74, 6) is -0.498. The van der Waals surface area contributed by atoms with Gasteiger partial charge in [-0.1, -0.05) is 6.92 Å². The van der Waals surface area contributed by atoms with Gasteiger partial charge < -0.3 is 11.1 Å². The summed E-state index contributed by atoms with van der Waals surface area (Å²) >= 11 is 0. The molecule has 0 radical (unpaired) electrons. The van der Waals surface area contributed by atoms with Gasteiger partial charge in [0.2, 0.25) is 5.91 Å². The molecule has 0 spiro atoms. The first-order valence-corrected chi connectivity index (χ1v) is 6.76. The molecule has 0 aromatic heterocycles. The lowest BCUT2D eigenvalue weighted by atomic mass is 10.1. The molecule has 0 aliphatic heterocycles. The maximum atomic E-state index is 11.7. The topological polar surface area (TPSA) is 89.3 Å². The molecule has 15 heavy (non-hydrogen) atoms. The molecule has 1 amide bonds. The highest BCUT2D eigenvalue weighted by atomic mass is 32.2. The van der Waals surface area contributed by atoms with Gasteiger partial charge >= 0.3 is 0 Å². The highest BCUT2D eigenvalue weighted by molar-refractivity contribution is 7.92. The summed E-state index contributed by atoms with van der Waals surface area (Å²) in [4.78, 5) is 11.7. The van der Waals surface area contributed by atoms with Crippen molar-refractivity contribution >= 4 is 15.7 Å².